The minimum atomic E-state index is -1.25. The van der Waals surface area contributed by atoms with E-state index >= 15 is 0 Å². The summed E-state index contributed by atoms with van der Waals surface area (Å²) >= 11 is 0. The highest BCUT2D eigenvalue weighted by molar-refractivity contribution is 5.90. The first kappa shape index (κ1) is 7.40. The third-order valence-electron chi connectivity index (χ3n) is 1.14. The summed E-state index contributed by atoms with van der Waals surface area (Å²) in [5, 5.41) is 26.0. The van der Waals surface area contributed by atoms with Gasteiger partial charge in [0.2, 0.25) is 0 Å². The van der Waals surface area contributed by atoms with Crippen LogP contribution < -0.4 is 0 Å². The third kappa shape index (κ3) is 1.40. The van der Waals surface area contributed by atoms with Gasteiger partial charge in [0.15, 0.2) is 0 Å². The zero-order chi connectivity index (χ0) is 8.43. The Kier molecular flexibility index (Phi) is 1.68. The van der Waals surface area contributed by atoms with Gasteiger partial charge < -0.3 is 15.3 Å². The number of rotatable bonds is 1. The van der Waals surface area contributed by atoms with Crippen LogP contribution in [0.2, 0.25) is 0 Å². The Hall–Kier alpha value is -1.71. The third-order valence-corrected chi connectivity index (χ3v) is 1.14. The van der Waals surface area contributed by atoms with Crippen molar-refractivity contribution < 1.29 is 20.1 Å². The summed E-state index contributed by atoms with van der Waals surface area (Å²) in [6.45, 7) is 0. The molecular weight excluding hydrogens is 148 g/mol. The first-order chi connectivity index (χ1) is 5.11. The lowest BCUT2D eigenvalue weighted by molar-refractivity contribution is 0.0693. The van der Waals surface area contributed by atoms with Gasteiger partial charge in [0.05, 0.1) is 6.07 Å². The molecule has 0 saturated heterocycles. The largest absolute Gasteiger partial charge is 0.507 e. The first-order valence-electron chi connectivity index (χ1n) is 2.79. The first-order valence-corrected chi connectivity index (χ1v) is 2.79. The quantitative estimate of drug-likeness (QED) is 0.552. The Bertz CT molecular complexity index is 292. The normalized spacial score (nSPS) is 9.45. The van der Waals surface area contributed by atoms with E-state index < -0.39 is 11.7 Å². The molecule has 1 aromatic carbocycles. The van der Waals surface area contributed by atoms with Crippen molar-refractivity contribution in [1.82, 2.24) is 0 Å². The maximum atomic E-state index is 10.3. The lowest BCUT2D eigenvalue weighted by atomic mass is 10.2. The van der Waals surface area contributed by atoms with Crippen molar-refractivity contribution >= 4 is 5.97 Å². The predicted octanol–water partition coefficient (Wildman–Crippen LogP) is 0.596. The summed E-state index contributed by atoms with van der Waals surface area (Å²) in [6, 6.07) is 4.29. The van der Waals surface area contributed by atoms with E-state index in [9.17, 15) is 4.79 Å². The molecule has 1 radical (unpaired) electrons. The van der Waals surface area contributed by atoms with Gasteiger partial charge in [-0.1, -0.05) is 0 Å². The van der Waals surface area contributed by atoms with Crippen LogP contribution in [0.1, 0.15) is 10.4 Å². The van der Waals surface area contributed by atoms with Crippen LogP contribution in [-0.4, -0.2) is 21.3 Å². The van der Waals surface area contributed by atoms with Gasteiger partial charge in [0, 0.05) is 0 Å². The number of carbonyl (C=O) groups is 1. The van der Waals surface area contributed by atoms with E-state index in [1.807, 2.05) is 0 Å². The molecule has 0 aliphatic rings. The van der Waals surface area contributed by atoms with E-state index in [0.717, 1.165) is 12.1 Å². The minimum absolute atomic E-state index is 0.275. The molecule has 0 atom stereocenters. The Labute approximate surface area is 62.3 Å². The Morgan fingerprint density at radius 1 is 1.36 bits per heavy atom. The standard InChI is InChI=1S/C7H5O4/c8-4-1-2-5(7(10)11)6(9)3-4/h1-2,8-9H,(H,10,11). The van der Waals surface area contributed by atoms with Crippen LogP contribution in [0.25, 0.3) is 0 Å². The fourth-order valence-corrected chi connectivity index (χ4v) is 0.644. The summed E-state index contributed by atoms with van der Waals surface area (Å²) in [5.41, 5.74) is -0.275. The molecule has 57 valence electrons. The predicted molar refractivity (Wildman–Crippen MR) is 35.6 cm³/mol. The maximum absolute atomic E-state index is 10.3. The molecule has 4 nitrogen and oxygen atoms in total. The Morgan fingerprint density at radius 2 is 2.00 bits per heavy atom. The summed E-state index contributed by atoms with van der Waals surface area (Å²) in [7, 11) is 0. The van der Waals surface area contributed by atoms with Crippen molar-refractivity contribution in [2.45, 2.75) is 0 Å². The maximum Gasteiger partial charge on any atom is 0.339 e. The molecule has 11 heavy (non-hydrogen) atoms. The van der Waals surface area contributed by atoms with Gasteiger partial charge in [-0.05, 0) is 12.1 Å². The van der Waals surface area contributed by atoms with Gasteiger partial charge >= 0.3 is 5.97 Å². The number of aromatic hydroxyl groups is 2. The number of carboxylic acid groups (broad SMARTS) is 1. The molecule has 3 N–H and O–H groups in total. The van der Waals surface area contributed by atoms with Gasteiger partial charge in [0.25, 0.3) is 0 Å². The molecule has 0 amide bonds. The molecule has 0 unspecified atom stereocenters. The smallest absolute Gasteiger partial charge is 0.339 e. The average Bonchev–Trinajstić information content (AvgIpc) is 1.85. The van der Waals surface area contributed by atoms with E-state index in [2.05, 4.69) is 6.07 Å². The van der Waals surface area contributed by atoms with Crippen molar-refractivity contribution in [3.63, 3.8) is 0 Å². The molecule has 0 saturated carbocycles. The van der Waals surface area contributed by atoms with E-state index in [0.29, 0.717) is 0 Å². The second kappa shape index (κ2) is 2.49. The van der Waals surface area contributed by atoms with Crippen molar-refractivity contribution in [2.24, 2.45) is 0 Å². The van der Waals surface area contributed by atoms with Crippen molar-refractivity contribution in [1.29, 1.82) is 0 Å². The number of benzene rings is 1. The van der Waals surface area contributed by atoms with E-state index in [1.165, 1.54) is 0 Å². The van der Waals surface area contributed by atoms with Crippen LogP contribution in [-0.2, 0) is 0 Å². The second-order valence-corrected chi connectivity index (χ2v) is 1.91. The molecule has 0 spiro atoms. The number of carboxylic acids is 1. The van der Waals surface area contributed by atoms with Gasteiger partial charge in [0.1, 0.15) is 17.1 Å². The molecule has 0 fully saturated rings. The molecule has 0 aliphatic carbocycles. The minimum Gasteiger partial charge on any atom is -0.507 e. The monoisotopic (exact) mass is 153 g/mol. The molecule has 0 heterocycles. The Morgan fingerprint density at radius 3 is 2.45 bits per heavy atom. The lowest BCUT2D eigenvalue weighted by Gasteiger charge is -1.97. The van der Waals surface area contributed by atoms with Gasteiger partial charge in [-0.3, -0.25) is 0 Å². The number of aromatic carboxylic acids is 1. The van der Waals surface area contributed by atoms with E-state index in [4.69, 9.17) is 15.3 Å². The molecule has 0 bridgehead atoms. The van der Waals surface area contributed by atoms with Gasteiger partial charge in [-0.25, -0.2) is 4.79 Å². The van der Waals surface area contributed by atoms with Crippen molar-refractivity contribution in [2.75, 3.05) is 0 Å². The van der Waals surface area contributed by atoms with Crippen LogP contribution in [0.5, 0.6) is 11.5 Å². The number of phenols is 2. The fourth-order valence-electron chi connectivity index (χ4n) is 0.644. The molecule has 0 aromatic heterocycles. The summed E-state index contributed by atoms with van der Waals surface area (Å²) in [6.07, 6.45) is 0. The van der Waals surface area contributed by atoms with Crippen LogP contribution in [0, 0.1) is 6.07 Å². The summed E-state index contributed by atoms with van der Waals surface area (Å²) < 4.78 is 0. The summed E-state index contributed by atoms with van der Waals surface area (Å²) in [4.78, 5) is 10.3. The number of hydrogen-bond acceptors (Lipinski definition) is 3. The van der Waals surface area contributed by atoms with E-state index in [-0.39, 0.29) is 11.3 Å². The van der Waals surface area contributed by atoms with Crippen LogP contribution in [0.4, 0.5) is 0 Å². The zero-order valence-corrected chi connectivity index (χ0v) is 5.40. The van der Waals surface area contributed by atoms with Crippen LogP contribution in [0.3, 0.4) is 0 Å². The highest BCUT2D eigenvalue weighted by atomic mass is 16.4. The fraction of sp³-hybridized carbons (Fsp3) is 0. The highest BCUT2D eigenvalue weighted by Gasteiger charge is 2.08. The topological polar surface area (TPSA) is 77.8 Å². The molecule has 1 rings (SSSR count). The molecule has 0 aliphatic heterocycles. The number of hydrogen-bond donors (Lipinski definition) is 3. The SMILES string of the molecule is O=C(O)c1ccc(O)[c]c1O. The lowest BCUT2D eigenvalue weighted by Crippen LogP contribution is -1.95. The van der Waals surface area contributed by atoms with Gasteiger partial charge in [-0.15, -0.1) is 0 Å². The average molecular weight is 153 g/mol. The van der Waals surface area contributed by atoms with E-state index in [1.54, 1.807) is 0 Å². The number of phenolic OH excluding ortho intramolecular Hbond substituents is 1. The Balaban J connectivity index is 3.20. The van der Waals surface area contributed by atoms with Gasteiger partial charge in [-0.2, -0.15) is 0 Å². The molecule has 4 heteroatoms. The molecular formula is C7H5O4. The molecule has 1 aromatic rings. The zero-order valence-electron chi connectivity index (χ0n) is 5.40. The highest BCUT2D eigenvalue weighted by Crippen LogP contribution is 2.20. The van der Waals surface area contributed by atoms with Crippen molar-refractivity contribution in [3.05, 3.63) is 23.8 Å². The van der Waals surface area contributed by atoms with Crippen LogP contribution in [0.15, 0.2) is 12.1 Å². The summed E-state index contributed by atoms with van der Waals surface area (Å²) in [5.74, 6) is -2.09. The second-order valence-electron chi connectivity index (χ2n) is 1.91. The van der Waals surface area contributed by atoms with Crippen molar-refractivity contribution in [3.8, 4) is 11.5 Å². The van der Waals surface area contributed by atoms with Crippen LogP contribution >= 0.6 is 0 Å².